The Bertz CT molecular complexity index is 570. The van der Waals surface area contributed by atoms with Crippen molar-refractivity contribution in [2.45, 2.75) is 18.9 Å². The van der Waals surface area contributed by atoms with Crippen LogP contribution in [-0.4, -0.2) is 29.1 Å². The van der Waals surface area contributed by atoms with Crippen LogP contribution in [0.5, 0.6) is 0 Å². The fourth-order valence-corrected chi connectivity index (χ4v) is 3.29. The zero-order valence-electron chi connectivity index (χ0n) is 13.0. The van der Waals surface area contributed by atoms with Crippen LogP contribution in [0.25, 0.3) is 0 Å². The Morgan fingerprint density at radius 3 is 1.74 bits per heavy atom. The molecule has 2 aromatic carbocycles. The Morgan fingerprint density at radius 1 is 0.913 bits per heavy atom. The molecule has 0 amide bonds. The minimum absolute atomic E-state index is 0. The molecule has 0 saturated carbocycles. The van der Waals surface area contributed by atoms with E-state index in [1.807, 2.05) is 12.1 Å². The lowest BCUT2D eigenvalue weighted by molar-refractivity contribution is -0.143. The molecule has 0 unspecified atom stereocenters. The van der Waals surface area contributed by atoms with Crippen LogP contribution >= 0.6 is 12.4 Å². The van der Waals surface area contributed by atoms with Crippen LogP contribution in [0.1, 0.15) is 30.0 Å². The largest absolute Gasteiger partial charge is 0.481 e. The second-order valence-corrected chi connectivity index (χ2v) is 5.87. The molecule has 0 bridgehead atoms. The number of carboxylic acids is 1. The Morgan fingerprint density at radius 2 is 1.35 bits per heavy atom. The smallest absolute Gasteiger partial charge is 0.306 e. The van der Waals surface area contributed by atoms with E-state index in [0.29, 0.717) is 0 Å². The van der Waals surface area contributed by atoms with E-state index < -0.39 is 5.97 Å². The van der Waals surface area contributed by atoms with Gasteiger partial charge in [-0.3, -0.25) is 9.69 Å². The molecule has 1 N–H and O–H groups in total. The summed E-state index contributed by atoms with van der Waals surface area (Å²) in [5, 5.41) is 9.18. The van der Waals surface area contributed by atoms with Gasteiger partial charge >= 0.3 is 5.97 Å². The van der Waals surface area contributed by atoms with Gasteiger partial charge in [0, 0.05) is 0 Å². The number of piperidine rings is 1. The molecule has 0 atom stereocenters. The standard InChI is InChI=1S/C19H21NO2.ClH/c21-19(22)17-11-13-20(14-12-17)18(15-7-3-1-4-8-15)16-9-5-2-6-10-16;/h1-10,17-18H,11-14H2,(H,21,22);1H. The molecule has 2 aromatic rings. The van der Waals surface area contributed by atoms with E-state index in [2.05, 4.69) is 53.4 Å². The van der Waals surface area contributed by atoms with Gasteiger partial charge in [-0.1, -0.05) is 60.7 Å². The van der Waals surface area contributed by atoms with Crippen molar-refractivity contribution < 1.29 is 9.90 Å². The summed E-state index contributed by atoms with van der Waals surface area (Å²) in [6.07, 6.45) is 1.46. The first-order chi connectivity index (χ1) is 10.8. The number of carboxylic acid groups (broad SMARTS) is 1. The third-order valence-electron chi connectivity index (χ3n) is 4.47. The van der Waals surface area contributed by atoms with Crippen LogP contribution in [-0.2, 0) is 4.79 Å². The number of aliphatic carboxylic acids is 1. The molecule has 0 aliphatic carbocycles. The maximum atomic E-state index is 11.2. The zero-order valence-corrected chi connectivity index (χ0v) is 13.8. The first-order valence-corrected chi connectivity index (χ1v) is 7.82. The fourth-order valence-electron chi connectivity index (χ4n) is 3.29. The number of likely N-dealkylation sites (tertiary alicyclic amines) is 1. The molecule has 0 aromatic heterocycles. The van der Waals surface area contributed by atoms with Gasteiger partial charge in [-0.05, 0) is 37.1 Å². The van der Waals surface area contributed by atoms with Gasteiger partial charge in [0.25, 0.3) is 0 Å². The summed E-state index contributed by atoms with van der Waals surface area (Å²) in [7, 11) is 0. The van der Waals surface area contributed by atoms with E-state index >= 15 is 0 Å². The van der Waals surface area contributed by atoms with E-state index in [1.54, 1.807) is 0 Å². The average Bonchev–Trinajstić information content (AvgIpc) is 2.57. The summed E-state index contributed by atoms with van der Waals surface area (Å²) >= 11 is 0. The Kier molecular flexibility index (Phi) is 6.20. The summed E-state index contributed by atoms with van der Waals surface area (Å²) in [5.74, 6) is -0.848. The van der Waals surface area contributed by atoms with Crippen molar-refractivity contribution in [2.75, 3.05) is 13.1 Å². The van der Waals surface area contributed by atoms with Crippen LogP contribution in [0.3, 0.4) is 0 Å². The molecule has 1 heterocycles. The molecule has 0 radical (unpaired) electrons. The zero-order chi connectivity index (χ0) is 15.4. The average molecular weight is 332 g/mol. The van der Waals surface area contributed by atoms with Gasteiger partial charge in [-0.15, -0.1) is 12.4 Å². The highest BCUT2D eigenvalue weighted by Gasteiger charge is 2.29. The normalized spacial score (nSPS) is 16.0. The lowest BCUT2D eigenvalue weighted by Crippen LogP contribution is -2.39. The monoisotopic (exact) mass is 331 g/mol. The first-order valence-electron chi connectivity index (χ1n) is 7.82. The maximum absolute atomic E-state index is 11.2. The van der Waals surface area contributed by atoms with Gasteiger partial charge in [0.05, 0.1) is 12.0 Å². The molecular weight excluding hydrogens is 310 g/mol. The molecule has 4 heteroatoms. The SMILES string of the molecule is Cl.O=C(O)C1CCN(C(c2ccccc2)c2ccccc2)CC1. The highest BCUT2D eigenvalue weighted by molar-refractivity contribution is 5.85. The van der Waals surface area contributed by atoms with E-state index in [-0.39, 0.29) is 24.4 Å². The van der Waals surface area contributed by atoms with E-state index in [4.69, 9.17) is 0 Å². The van der Waals surface area contributed by atoms with Crippen molar-refractivity contribution in [1.29, 1.82) is 0 Å². The lowest BCUT2D eigenvalue weighted by atomic mass is 9.91. The molecule has 1 aliphatic heterocycles. The lowest BCUT2D eigenvalue weighted by Gasteiger charge is -2.37. The third kappa shape index (κ3) is 4.12. The Labute approximate surface area is 143 Å². The number of carbonyl (C=O) groups is 1. The summed E-state index contributed by atoms with van der Waals surface area (Å²) in [4.78, 5) is 13.6. The van der Waals surface area contributed by atoms with Crippen molar-refractivity contribution in [1.82, 2.24) is 4.90 Å². The molecule has 1 aliphatic rings. The van der Waals surface area contributed by atoms with Crippen molar-refractivity contribution in [3.8, 4) is 0 Å². The minimum Gasteiger partial charge on any atom is -0.481 e. The summed E-state index contributed by atoms with van der Waals surface area (Å²) in [6.45, 7) is 1.65. The van der Waals surface area contributed by atoms with Crippen LogP contribution < -0.4 is 0 Å². The molecule has 1 fully saturated rings. The van der Waals surface area contributed by atoms with Crippen molar-refractivity contribution >= 4 is 18.4 Å². The van der Waals surface area contributed by atoms with Gasteiger partial charge in [0.1, 0.15) is 0 Å². The van der Waals surface area contributed by atoms with Crippen LogP contribution in [0.15, 0.2) is 60.7 Å². The highest BCUT2D eigenvalue weighted by atomic mass is 35.5. The maximum Gasteiger partial charge on any atom is 0.306 e. The third-order valence-corrected chi connectivity index (χ3v) is 4.47. The van der Waals surface area contributed by atoms with Gasteiger partial charge < -0.3 is 5.11 Å². The van der Waals surface area contributed by atoms with Crippen molar-refractivity contribution in [2.24, 2.45) is 5.92 Å². The van der Waals surface area contributed by atoms with E-state index in [9.17, 15) is 9.90 Å². The second kappa shape index (κ2) is 8.14. The molecular formula is C19H22ClNO2. The molecule has 3 nitrogen and oxygen atoms in total. The Balaban J connectivity index is 0.00000192. The van der Waals surface area contributed by atoms with Crippen LogP contribution in [0.2, 0.25) is 0 Å². The Hall–Kier alpha value is -1.84. The topological polar surface area (TPSA) is 40.5 Å². The van der Waals surface area contributed by atoms with Crippen LogP contribution in [0, 0.1) is 5.92 Å². The van der Waals surface area contributed by atoms with Gasteiger partial charge in [0.2, 0.25) is 0 Å². The number of benzene rings is 2. The molecule has 122 valence electrons. The fraction of sp³-hybridized carbons (Fsp3) is 0.316. The molecule has 1 saturated heterocycles. The van der Waals surface area contributed by atoms with Gasteiger partial charge in [0.15, 0.2) is 0 Å². The van der Waals surface area contributed by atoms with Crippen molar-refractivity contribution in [3.63, 3.8) is 0 Å². The molecule has 0 spiro atoms. The highest BCUT2D eigenvalue weighted by Crippen LogP contribution is 2.32. The summed E-state index contributed by atoms with van der Waals surface area (Å²) in [6, 6.07) is 21.1. The predicted octanol–water partition coefficient (Wildman–Crippen LogP) is 3.99. The number of rotatable bonds is 4. The van der Waals surface area contributed by atoms with E-state index in [0.717, 1.165) is 25.9 Å². The minimum atomic E-state index is -0.657. The second-order valence-electron chi connectivity index (χ2n) is 5.87. The quantitative estimate of drug-likeness (QED) is 0.920. The summed E-state index contributed by atoms with van der Waals surface area (Å²) < 4.78 is 0. The summed E-state index contributed by atoms with van der Waals surface area (Å²) in [5.41, 5.74) is 2.53. The molecule has 23 heavy (non-hydrogen) atoms. The number of nitrogens with zero attached hydrogens (tertiary/aromatic N) is 1. The number of hydrogen-bond donors (Lipinski definition) is 1. The number of halogens is 1. The van der Waals surface area contributed by atoms with E-state index in [1.165, 1.54) is 11.1 Å². The number of hydrogen-bond acceptors (Lipinski definition) is 2. The van der Waals surface area contributed by atoms with Gasteiger partial charge in [-0.25, -0.2) is 0 Å². The van der Waals surface area contributed by atoms with Crippen LogP contribution in [0.4, 0.5) is 0 Å². The predicted molar refractivity (Wildman–Crippen MR) is 93.9 cm³/mol. The molecule has 3 rings (SSSR count). The van der Waals surface area contributed by atoms with Crippen molar-refractivity contribution in [3.05, 3.63) is 71.8 Å². The van der Waals surface area contributed by atoms with Gasteiger partial charge in [-0.2, -0.15) is 0 Å². The first kappa shape index (κ1) is 17.5.